The molecule has 0 aliphatic carbocycles. The first-order chi connectivity index (χ1) is 15.2. The zero-order valence-corrected chi connectivity index (χ0v) is 20.7. The molecule has 0 saturated carbocycles. The summed E-state index contributed by atoms with van der Waals surface area (Å²) in [5.41, 5.74) is 4.53. The van der Waals surface area contributed by atoms with Gasteiger partial charge in [0.1, 0.15) is 18.5 Å². The average Bonchev–Trinajstić information content (AvgIpc) is 3.09. The highest BCUT2D eigenvalue weighted by Crippen LogP contribution is 2.34. The van der Waals surface area contributed by atoms with Crippen molar-refractivity contribution < 1.29 is 9.53 Å². The van der Waals surface area contributed by atoms with Crippen molar-refractivity contribution in [2.24, 2.45) is 0 Å². The summed E-state index contributed by atoms with van der Waals surface area (Å²) in [6, 6.07) is 12.7. The number of likely N-dealkylation sites (N-methyl/N-ethyl adjacent to an activating group) is 1. The van der Waals surface area contributed by atoms with E-state index >= 15 is 0 Å². The number of amides is 1. The topological polar surface area (TPSA) is 71.2 Å². The van der Waals surface area contributed by atoms with Crippen LogP contribution in [0.4, 0.5) is 0 Å². The van der Waals surface area contributed by atoms with Crippen molar-refractivity contribution in [2.75, 3.05) is 20.2 Å². The largest absolute Gasteiger partial charge is 0.360 e. The fraction of sp³-hybridized carbons (Fsp3) is 0.375. The van der Waals surface area contributed by atoms with Crippen molar-refractivity contribution >= 4 is 36.5 Å². The molecule has 0 spiro atoms. The molecule has 0 saturated heterocycles. The second-order valence-electron chi connectivity index (χ2n) is 9.51. The molecule has 1 aromatic heterocycles. The van der Waals surface area contributed by atoms with E-state index in [9.17, 15) is 10.1 Å². The molecule has 1 aliphatic rings. The summed E-state index contributed by atoms with van der Waals surface area (Å²) < 4.78 is 7.71. The quantitative estimate of drug-likeness (QED) is 0.371. The third-order valence-electron chi connectivity index (χ3n) is 5.85. The maximum absolute atomic E-state index is 12.7. The number of fused-ring (bicyclic) bond motifs is 2. The number of rotatable bonds is 6. The van der Waals surface area contributed by atoms with Crippen molar-refractivity contribution in [1.82, 2.24) is 14.7 Å². The van der Waals surface area contributed by atoms with Crippen molar-refractivity contribution in [3.05, 3.63) is 52.0 Å². The van der Waals surface area contributed by atoms with Crippen LogP contribution in [0.1, 0.15) is 21.5 Å². The van der Waals surface area contributed by atoms with Crippen LogP contribution in [0.5, 0.6) is 0 Å². The van der Waals surface area contributed by atoms with Crippen LogP contribution in [0.25, 0.3) is 22.2 Å². The lowest BCUT2D eigenvalue weighted by Gasteiger charge is -2.25. The fourth-order valence-corrected chi connectivity index (χ4v) is 4.82. The van der Waals surface area contributed by atoms with Crippen LogP contribution >= 0.6 is 11.6 Å². The maximum atomic E-state index is 12.7. The Kier molecular flexibility index (Phi) is 6.12. The van der Waals surface area contributed by atoms with Crippen LogP contribution in [0.2, 0.25) is 30.7 Å². The molecule has 2 aromatic carbocycles. The Labute approximate surface area is 194 Å². The highest BCUT2D eigenvalue weighted by molar-refractivity contribution is 6.76. The van der Waals surface area contributed by atoms with E-state index in [2.05, 4.69) is 25.7 Å². The zero-order valence-electron chi connectivity index (χ0n) is 18.9. The van der Waals surface area contributed by atoms with E-state index in [4.69, 9.17) is 21.4 Å². The van der Waals surface area contributed by atoms with Gasteiger partial charge in [0, 0.05) is 44.8 Å². The highest BCUT2D eigenvalue weighted by atomic mass is 35.5. The summed E-state index contributed by atoms with van der Waals surface area (Å²) in [5, 5.41) is 15.5. The molecule has 1 amide bonds. The van der Waals surface area contributed by atoms with Crippen LogP contribution in [0.15, 0.2) is 30.3 Å². The van der Waals surface area contributed by atoms with Crippen LogP contribution in [0, 0.1) is 11.3 Å². The highest BCUT2D eigenvalue weighted by Gasteiger charge is 2.23. The number of benzene rings is 2. The normalized spacial score (nSPS) is 14.0. The molecule has 0 fully saturated rings. The van der Waals surface area contributed by atoms with Crippen LogP contribution in [-0.2, 0) is 17.9 Å². The van der Waals surface area contributed by atoms with Gasteiger partial charge in [-0.1, -0.05) is 43.4 Å². The minimum absolute atomic E-state index is 0.0244. The monoisotopic (exact) mass is 466 g/mol. The summed E-state index contributed by atoms with van der Waals surface area (Å²) in [7, 11) is 0.626. The van der Waals surface area contributed by atoms with Gasteiger partial charge in [-0.05, 0) is 36.2 Å². The number of halogens is 1. The number of nitriles is 1. The van der Waals surface area contributed by atoms with E-state index in [-0.39, 0.29) is 5.91 Å². The average molecular weight is 467 g/mol. The Bertz CT molecular complexity index is 1240. The zero-order chi connectivity index (χ0) is 23.0. The van der Waals surface area contributed by atoms with E-state index < -0.39 is 8.07 Å². The van der Waals surface area contributed by atoms with Gasteiger partial charge in [-0.25, -0.2) is 4.68 Å². The smallest absolute Gasteiger partial charge is 0.253 e. The van der Waals surface area contributed by atoms with Gasteiger partial charge in [0.05, 0.1) is 16.1 Å². The van der Waals surface area contributed by atoms with Crippen molar-refractivity contribution in [1.29, 1.82) is 5.26 Å². The molecule has 6 nitrogen and oxygen atoms in total. The second kappa shape index (κ2) is 8.70. The summed E-state index contributed by atoms with van der Waals surface area (Å²) in [4.78, 5) is 14.4. The molecule has 32 heavy (non-hydrogen) atoms. The van der Waals surface area contributed by atoms with Gasteiger partial charge in [0.25, 0.3) is 5.91 Å². The molecule has 0 N–H and O–H groups in total. The van der Waals surface area contributed by atoms with Gasteiger partial charge in [0.2, 0.25) is 0 Å². The number of carbonyl (C=O) groups is 1. The van der Waals surface area contributed by atoms with Gasteiger partial charge >= 0.3 is 0 Å². The maximum Gasteiger partial charge on any atom is 0.253 e. The third-order valence-corrected chi connectivity index (χ3v) is 7.86. The lowest BCUT2D eigenvalue weighted by molar-refractivity contribution is 0.0780. The van der Waals surface area contributed by atoms with E-state index in [0.29, 0.717) is 29.5 Å². The van der Waals surface area contributed by atoms with Gasteiger partial charge in [-0.2, -0.15) is 10.4 Å². The fourth-order valence-electron chi connectivity index (χ4n) is 3.86. The second-order valence-corrected chi connectivity index (χ2v) is 15.5. The predicted octanol–water partition coefficient (Wildman–Crippen LogP) is 5.17. The molecule has 0 radical (unpaired) electrons. The SMILES string of the molecule is CN1CCc2ccc(-c3nn(COCC[Si](C)(C)C)c4cc(C#N)c(Cl)cc34)cc2C1=O. The Morgan fingerprint density at radius 2 is 2.03 bits per heavy atom. The minimum Gasteiger partial charge on any atom is -0.360 e. The first kappa shape index (κ1) is 22.5. The van der Waals surface area contributed by atoms with E-state index in [1.165, 1.54) is 0 Å². The standard InChI is InChI=1S/C24H27ClN4O2Si/c1-28-8-7-16-5-6-17(11-19(16)24(28)30)23-20-13-21(25)18(14-26)12-22(20)29(27-23)15-31-9-10-32(2,3)4/h5-6,11-13H,7-10,15H2,1-4H3. The third kappa shape index (κ3) is 4.44. The Balaban J connectivity index is 1.76. The van der Waals surface area contributed by atoms with Crippen molar-refractivity contribution in [3.8, 4) is 17.3 Å². The summed E-state index contributed by atoms with van der Waals surface area (Å²) >= 11 is 6.36. The van der Waals surface area contributed by atoms with Gasteiger partial charge in [0.15, 0.2) is 0 Å². The van der Waals surface area contributed by atoms with E-state index in [0.717, 1.165) is 46.7 Å². The molecule has 3 aromatic rings. The number of hydrogen-bond acceptors (Lipinski definition) is 4. The summed E-state index contributed by atoms with van der Waals surface area (Å²) in [6.07, 6.45) is 0.843. The molecule has 4 rings (SSSR count). The number of nitrogens with zero attached hydrogens (tertiary/aromatic N) is 4. The Hall–Kier alpha value is -2.66. The molecule has 0 unspecified atom stereocenters. The van der Waals surface area contributed by atoms with Crippen LogP contribution < -0.4 is 0 Å². The number of ether oxygens (including phenoxy) is 1. The van der Waals surface area contributed by atoms with Gasteiger partial charge in [-0.15, -0.1) is 0 Å². The van der Waals surface area contributed by atoms with Crippen LogP contribution in [-0.4, -0.2) is 48.9 Å². The number of hydrogen-bond donors (Lipinski definition) is 0. The first-order valence-electron chi connectivity index (χ1n) is 10.7. The molecule has 0 atom stereocenters. The Morgan fingerprint density at radius 1 is 1.25 bits per heavy atom. The van der Waals surface area contributed by atoms with Gasteiger partial charge < -0.3 is 9.64 Å². The van der Waals surface area contributed by atoms with Gasteiger partial charge in [-0.3, -0.25) is 4.79 Å². The molecular formula is C24H27ClN4O2Si. The number of aromatic nitrogens is 2. The molecule has 2 heterocycles. The molecule has 1 aliphatic heterocycles. The lowest BCUT2D eigenvalue weighted by Crippen LogP contribution is -2.34. The Morgan fingerprint density at radius 3 is 2.75 bits per heavy atom. The van der Waals surface area contributed by atoms with Crippen molar-refractivity contribution in [3.63, 3.8) is 0 Å². The van der Waals surface area contributed by atoms with E-state index in [1.807, 2.05) is 25.2 Å². The first-order valence-corrected chi connectivity index (χ1v) is 14.8. The summed E-state index contributed by atoms with van der Waals surface area (Å²) in [5.74, 6) is 0.0244. The molecule has 8 heteroatoms. The predicted molar refractivity (Wildman–Crippen MR) is 130 cm³/mol. The molecule has 0 bridgehead atoms. The summed E-state index contributed by atoms with van der Waals surface area (Å²) in [6.45, 7) is 8.63. The lowest BCUT2D eigenvalue weighted by atomic mass is 9.95. The molecule has 166 valence electrons. The van der Waals surface area contributed by atoms with Crippen LogP contribution in [0.3, 0.4) is 0 Å². The molecular weight excluding hydrogens is 440 g/mol. The van der Waals surface area contributed by atoms with Crippen molar-refractivity contribution in [2.45, 2.75) is 38.8 Å². The number of carbonyl (C=O) groups excluding carboxylic acids is 1. The minimum atomic E-state index is -1.20. The van der Waals surface area contributed by atoms with E-state index in [1.54, 1.807) is 21.7 Å².